The van der Waals surface area contributed by atoms with Gasteiger partial charge in [0.1, 0.15) is 0 Å². The fourth-order valence-corrected chi connectivity index (χ4v) is 4.95. The topological polar surface area (TPSA) is 74.0 Å². The second kappa shape index (κ2) is 10.7. The van der Waals surface area contributed by atoms with Crippen LogP contribution in [0.2, 0.25) is 0 Å². The van der Waals surface area contributed by atoms with E-state index < -0.39 is 0 Å². The molecule has 0 aliphatic carbocycles. The number of aromatic nitrogens is 2. The number of benzene rings is 3. The Balaban J connectivity index is 1.26. The van der Waals surface area contributed by atoms with Gasteiger partial charge < -0.3 is 14.8 Å². The molecule has 1 N–H and O–H groups in total. The van der Waals surface area contributed by atoms with Gasteiger partial charge in [-0.2, -0.15) is 5.26 Å². The maximum absolute atomic E-state index is 13.1. The number of rotatable bonds is 7. The van der Waals surface area contributed by atoms with E-state index in [2.05, 4.69) is 34.6 Å². The predicted octanol–water partition coefficient (Wildman–Crippen LogP) is 5.42. The van der Waals surface area contributed by atoms with Gasteiger partial charge in [-0.15, -0.1) is 0 Å². The molecule has 1 unspecified atom stereocenters. The van der Waals surface area contributed by atoms with E-state index in [1.54, 1.807) is 11.2 Å². The van der Waals surface area contributed by atoms with Crippen LogP contribution in [0.1, 0.15) is 45.1 Å². The summed E-state index contributed by atoms with van der Waals surface area (Å²) in [6.07, 6.45) is 9.36. The fourth-order valence-electron chi connectivity index (χ4n) is 4.95. The van der Waals surface area contributed by atoms with Gasteiger partial charge in [0.15, 0.2) is 0 Å². The van der Waals surface area contributed by atoms with Crippen molar-refractivity contribution < 1.29 is 4.79 Å². The van der Waals surface area contributed by atoms with Gasteiger partial charge in [-0.25, -0.2) is 4.98 Å². The number of nitriles is 1. The number of amides is 1. The van der Waals surface area contributed by atoms with E-state index in [1.807, 2.05) is 85.5 Å². The molecule has 0 bridgehead atoms. The van der Waals surface area contributed by atoms with Gasteiger partial charge in [-0.3, -0.25) is 4.79 Å². The van der Waals surface area contributed by atoms with Crippen LogP contribution in [-0.4, -0.2) is 29.1 Å². The van der Waals surface area contributed by atoms with Gasteiger partial charge >= 0.3 is 0 Å². The Morgan fingerprint density at radius 1 is 1.03 bits per heavy atom. The number of anilines is 1. The highest BCUT2D eigenvalue weighted by Gasteiger charge is 2.29. The lowest BCUT2D eigenvalue weighted by Gasteiger charge is -2.22. The first kappa shape index (κ1) is 24.2. The summed E-state index contributed by atoms with van der Waals surface area (Å²) in [7, 11) is 3.78. The first-order valence-electron chi connectivity index (χ1n) is 12.4. The molecule has 1 aromatic heterocycles. The molecule has 1 atom stereocenters. The fraction of sp³-hybridized carbons (Fsp3) is 0.194. The number of imidazole rings is 1. The zero-order valence-electron chi connectivity index (χ0n) is 21.1. The second-order valence-corrected chi connectivity index (χ2v) is 9.24. The van der Waals surface area contributed by atoms with Crippen LogP contribution in [-0.2, 0) is 13.5 Å². The van der Waals surface area contributed by atoms with Crippen LogP contribution >= 0.6 is 0 Å². The molecule has 0 fully saturated rings. The summed E-state index contributed by atoms with van der Waals surface area (Å²) in [5.41, 5.74) is 7.41. The van der Waals surface area contributed by atoms with Crippen LogP contribution in [0, 0.1) is 11.3 Å². The average Bonchev–Trinajstić information content (AvgIpc) is 3.34. The van der Waals surface area contributed by atoms with Crippen LogP contribution in [0.5, 0.6) is 0 Å². The third-order valence-corrected chi connectivity index (χ3v) is 6.92. The van der Waals surface area contributed by atoms with E-state index in [-0.39, 0.29) is 11.9 Å². The molecule has 184 valence electrons. The van der Waals surface area contributed by atoms with Crippen LogP contribution in [0.4, 0.5) is 5.69 Å². The summed E-state index contributed by atoms with van der Waals surface area (Å²) in [6, 6.07) is 24.2. The summed E-state index contributed by atoms with van der Waals surface area (Å²) < 4.78 is 1.95. The standard InChI is InChI=1S/C31H29N5O/c1-35-21-33-20-29(35)23-16-15-22(24(18-23)19-32)10-4-3-9-17-34-30-25-11-5-6-12-26(25)31(37)36(2)28-14-8-7-13-27(28)30/h3-8,11-16,18,20-21,30,34H,9-10,17H2,1-2H3. The smallest absolute Gasteiger partial charge is 0.258 e. The molecule has 0 saturated heterocycles. The number of aryl methyl sites for hydroxylation is 1. The molecular weight excluding hydrogens is 458 g/mol. The van der Waals surface area contributed by atoms with Crippen molar-refractivity contribution in [1.29, 1.82) is 5.26 Å². The lowest BCUT2D eigenvalue weighted by Crippen LogP contribution is -2.25. The van der Waals surface area contributed by atoms with Crippen molar-refractivity contribution in [1.82, 2.24) is 14.9 Å². The van der Waals surface area contributed by atoms with Crippen LogP contribution in [0.25, 0.3) is 11.3 Å². The molecule has 0 spiro atoms. The van der Waals surface area contributed by atoms with Crippen molar-refractivity contribution in [3.63, 3.8) is 0 Å². The Hall–Kier alpha value is -4.47. The lowest BCUT2D eigenvalue weighted by molar-refractivity contribution is 0.0993. The van der Waals surface area contributed by atoms with E-state index >= 15 is 0 Å². The Morgan fingerprint density at radius 2 is 1.81 bits per heavy atom. The first-order valence-corrected chi connectivity index (χ1v) is 12.4. The minimum atomic E-state index is -0.0700. The Labute approximate surface area is 217 Å². The monoisotopic (exact) mass is 487 g/mol. The third-order valence-electron chi connectivity index (χ3n) is 6.92. The minimum Gasteiger partial charge on any atom is -0.334 e. The van der Waals surface area contributed by atoms with E-state index in [0.29, 0.717) is 12.0 Å². The zero-order chi connectivity index (χ0) is 25.8. The SMILES string of the molecule is CN1C(=O)c2ccccc2C(NCCC=CCc2ccc(-c3cncn3C)cc2C#N)c2ccccc21. The molecule has 0 radical (unpaired) electrons. The quantitative estimate of drug-likeness (QED) is 0.279. The number of nitrogens with one attached hydrogen (secondary N) is 1. The maximum atomic E-state index is 13.1. The number of para-hydroxylation sites is 1. The highest BCUT2D eigenvalue weighted by atomic mass is 16.2. The molecule has 5 rings (SSSR count). The van der Waals surface area contributed by atoms with Crippen molar-refractivity contribution in [3.05, 3.63) is 119 Å². The molecule has 1 aliphatic rings. The predicted molar refractivity (Wildman–Crippen MR) is 146 cm³/mol. The van der Waals surface area contributed by atoms with Crippen molar-refractivity contribution in [2.75, 3.05) is 18.5 Å². The molecule has 2 heterocycles. The van der Waals surface area contributed by atoms with E-state index in [4.69, 9.17) is 0 Å². The highest BCUT2D eigenvalue weighted by molar-refractivity contribution is 6.08. The summed E-state index contributed by atoms with van der Waals surface area (Å²) >= 11 is 0. The van der Waals surface area contributed by atoms with E-state index in [9.17, 15) is 10.1 Å². The number of nitrogens with zero attached hydrogens (tertiary/aromatic N) is 4. The molecule has 6 heteroatoms. The molecule has 4 aromatic rings. The van der Waals surface area contributed by atoms with Gasteiger partial charge in [0.2, 0.25) is 0 Å². The number of hydrogen-bond donors (Lipinski definition) is 1. The molecule has 0 saturated carbocycles. The lowest BCUT2D eigenvalue weighted by atomic mass is 9.94. The van der Waals surface area contributed by atoms with Crippen LogP contribution in [0.15, 0.2) is 91.4 Å². The Bertz CT molecular complexity index is 1510. The molecule has 1 amide bonds. The highest BCUT2D eigenvalue weighted by Crippen LogP contribution is 2.36. The van der Waals surface area contributed by atoms with Gasteiger partial charge in [0, 0.05) is 30.9 Å². The van der Waals surface area contributed by atoms with Crippen molar-refractivity contribution in [2.24, 2.45) is 7.05 Å². The molecule has 6 nitrogen and oxygen atoms in total. The van der Waals surface area contributed by atoms with Crippen LogP contribution in [0.3, 0.4) is 0 Å². The summed E-state index contributed by atoms with van der Waals surface area (Å²) in [4.78, 5) is 19.0. The number of carbonyl (C=O) groups is 1. The number of carbonyl (C=O) groups excluding carboxylic acids is 1. The van der Waals surface area contributed by atoms with Gasteiger partial charge in [0.25, 0.3) is 5.91 Å². The minimum absolute atomic E-state index is 0.00922. The Morgan fingerprint density at radius 3 is 2.59 bits per heavy atom. The van der Waals surface area contributed by atoms with Crippen molar-refractivity contribution in [3.8, 4) is 17.3 Å². The number of hydrogen-bond acceptors (Lipinski definition) is 4. The third kappa shape index (κ3) is 4.82. The molecule has 1 aliphatic heterocycles. The molecular formula is C31H29N5O. The van der Waals surface area contributed by atoms with Gasteiger partial charge in [0.05, 0.1) is 35.9 Å². The van der Waals surface area contributed by atoms with Crippen molar-refractivity contribution >= 4 is 11.6 Å². The number of allylic oxidation sites excluding steroid dienone is 1. The summed E-state index contributed by atoms with van der Waals surface area (Å²) in [6.45, 7) is 0.756. The molecule has 3 aromatic carbocycles. The molecule has 37 heavy (non-hydrogen) atoms. The normalized spacial score (nSPS) is 14.8. The Kier molecular flexibility index (Phi) is 6.98. The average molecular weight is 488 g/mol. The summed E-state index contributed by atoms with van der Waals surface area (Å²) in [5.74, 6) is 0.00922. The van der Waals surface area contributed by atoms with Gasteiger partial charge in [-0.05, 0) is 54.3 Å². The van der Waals surface area contributed by atoms with Gasteiger partial charge in [-0.1, -0.05) is 60.7 Å². The van der Waals surface area contributed by atoms with E-state index in [0.717, 1.165) is 52.2 Å². The largest absolute Gasteiger partial charge is 0.334 e. The summed E-state index contributed by atoms with van der Waals surface area (Å²) in [5, 5.41) is 13.4. The zero-order valence-corrected chi connectivity index (χ0v) is 21.1. The maximum Gasteiger partial charge on any atom is 0.258 e. The second-order valence-electron chi connectivity index (χ2n) is 9.24. The van der Waals surface area contributed by atoms with E-state index in [1.165, 1.54) is 0 Å². The first-order chi connectivity index (χ1) is 18.1. The number of fused-ring (bicyclic) bond motifs is 2. The van der Waals surface area contributed by atoms with Crippen molar-refractivity contribution in [2.45, 2.75) is 18.9 Å². The van der Waals surface area contributed by atoms with Crippen LogP contribution < -0.4 is 10.2 Å².